The number of alkyl halides is 9. The number of amides is 3. The number of carbonyl (C=O) groups excluding carboxylic acids is 4. The number of anilines is 1. The van der Waals surface area contributed by atoms with E-state index in [2.05, 4.69) is 30.9 Å². The van der Waals surface area contributed by atoms with Gasteiger partial charge >= 0.3 is 30.5 Å². The molecule has 1 aromatic carbocycles. The summed E-state index contributed by atoms with van der Waals surface area (Å²) < 4.78 is 99.0. The third-order valence-electron chi connectivity index (χ3n) is 11.5. The van der Waals surface area contributed by atoms with Crippen molar-refractivity contribution >= 4 is 63.6 Å². The highest BCUT2D eigenvalue weighted by atomic mass is 19.4. The molecule has 3 heterocycles. The number of H-pyrrole nitrogens is 1. The summed E-state index contributed by atoms with van der Waals surface area (Å²) >= 11 is 0. The van der Waals surface area contributed by atoms with E-state index in [0.29, 0.717) is 29.8 Å². The number of carboxylic acids is 3. The fourth-order valence-corrected chi connectivity index (χ4v) is 7.21. The fraction of sp³-hybridized carbons (Fsp3) is 0.578. The Kier molecular flexibility index (Phi) is 30.2. The van der Waals surface area contributed by atoms with E-state index in [9.17, 15) is 94.7 Å². The Bertz CT molecular complexity index is 2690. The van der Waals surface area contributed by atoms with Gasteiger partial charge in [0.15, 0.2) is 28.2 Å². The molecule has 0 fully saturated rings. The summed E-state index contributed by atoms with van der Waals surface area (Å²) in [6.45, 7) is 2.57. The van der Waals surface area contributed by atoms with Gasteiger partial charge in [-0.2, -0.15) is 39.5 Å². The monoisotopic (exact) mass is 1230 g/mol. The van der Waals surface area contributed by atoms with Crippen molar-refractivity contribution < 1.29 is 139 Å². The van der Waals surface area contributed by atoms with E-state index in [0.717, 1.165) is 16.9 Å². The number of primary amides is 1. The van der Waals surface area contributed by atoms with Crippen molar-refractivity contribution in [1.82, 2.24) is 40.4 Å². The number of halogens is 9. The number of aliphatic hydroxyl groups is 10. The van der Waals surface area contributed by atoms with Gasteiger partial charge in [0.1, 0.15) is 54.7 Å². The average molecular weight is 1230 g/mol. The minimum Gasteiger partial charge on any atom is -0.542 e. The highest BCUT2D eigenvalue weighted by Crippen LogP contribution is 2.20. The smallest absolute Gasteiger partial charge is 0.490 e. The van der Waals surface area contributed by atoms with E-state index in [1.165, 1.54) is 4.90 Å². The first kappa shape index (κ1) is 74.8. The molecule has 0 radical (unpaired) electrons. The zero-order valence-electron chi connectivity index (χ0n) is 44.1. The molecule has 0 bridgehead atoms. The zero-order valence-corrected chi connectivity index (χ0v) is 44.1. The van der Waals surface area contributed by atoms with E-state index in [-0.39, 0.29) is 50.5 Å². The number of nitrogens with one attached hydrogen (secondary N) is 4. The van der Waals surface area contributed by atoms with Gasteiger partial charge in [-0.3, -0.25) is 19.3 Å². The molecule has 0 saturated heterocycles. The van der Waals surface area contributed by atoms with Crippen LogP contribution in [0, 0.1) is 0 Å². The molecule has 0 aliphatic rings. The van der Waals surface area contributed by atoms with Gasteiger partial charge in [0, 0.05) is 37.5 Å². The Balaban J connectivity index is 0.00000142. The Morgan fingerprint density at radius 3 is 1.65 bits per heavy atom. The normalized spacial score (nSPS) is 15.1. The molecule has 0 saturated carbocycles. The number of aliphatic carboxylic acids is 3. The van der Waals surface area contributed by atoms with Crippen LogP contribution in [0.3, 0.4) is 0 Å². The van der Waals surface area contributed by atoms with Crippen LogP contribution < -0.4 is 37.1 Å². The molecule has 0 aliphatic carbocycles. The molecule has 0 spiro atoms. The molecule has 20 N–H and O–H groups in total. The number of nitrogens with two attached hydrogens (primary N) is 2. The summed E-state index contributed by atoms with van der Waals surface area (Å²) in [5.74, 6) is -9.40. The maximum absolute atomic E-state index is 13.4. The highest BCUT2D eigenvalue weighted by Gasteiger charge is 2.39. The van der Waals surface area contributed by atoms with Crippen LogP contribution in [0.25, 0.3) is 22.2 Å². The van der Waals surface area contributed by atoms with E-state index in [4.69, 9.17) is 51.4 Å². The van der Waals surface area contributed by atoms with Crippen LogP contribution in [0.4, 0.5) is 45.3 Å². The average Bonchev–Trinajstić information content (AvgIpc) is 2.24. The van der Waals surface area contributed by atoms with Gasteiger partial charge in [-0.25, -0.2) is 28.7 Å². The van der Waals surface area contributed by atoms with Gasteiger partial charge in [0.05, 0.1) is 44.6 Å². The molecule has 9 unspecified atom stereocenters. The topological polar surface area (TPSA) is 510 Å². The second-order valence-electron chi connectivity index (χ2n) is 17.5. The van der Waals surface area contributed by atoms with Gasteiger partial charge < -0.3 is 104 Å². The lowest BCUT2D eigenvalue weighted by atomic mass is 10.0. The van der Waals surface area contributed by atoms with Crippen LogP contribution in [-0.2, 0) is 38.8 Å². The van der Waals surface area contributed by atoms with Crippen molar-refractivity contribution in [2.24, 2.45) is 5.73 Å². The van der Waals surface area contributed by atoms with Crippen LogP contribution in [-0.4, -0.2) is 241 Å². The molecule has 39 heteroatoms. The second-order valence-corrected chi connectivity index (χ2v) is 17.5. The van der Waals surface area contributed by atoms with Crippen molar-refractivity contribution in [2.75, 3.05) is 51.7 Å². The third kappa shape index (κ3) is 23.5. The van der Waals surface area contributed by atoms with E-state index in [1.807, 2.05) is 29.0 Å². The Morgan fingerprint density at radius 2 is 1.23 bits per heavy atom. The predicted molar refractivity (Wildman–Crippen MR) is 263 cm³/mol. The van der Waals surface area contributed by atoms with Crippen molar-refractivity contribution in [3.63, 3.8) is 0 Å². The Labute approximate surface area is 467 Å². The Hall–Kier alpha value is -7.18. The number of rotatable bonds is 27. The maximum Gasteiger partial charge on any atom is 0.490 e. The number of hydrogen-bond donors (Lipinski definition) is 18. The number of nitrogen functional groups attached to an aromatic ring is 1. The number of aromatic amines is 1. The van der Waals surface area contributed by atoms with Gasteiger partial charge in [-0.15, -0.1) is 0 Å². The molecule has 476 valence electrons. The Morgan fingerprint density at radius 1 is 0.738 bits per heavy atom. The molecule has 3 aromatic heterocycles. The number of aryl methyl sites for hydroxylation is 2. The van der Waals surface area contributed by atoms with Gasteiger partial charge in [0.25, 0.3) is 17.6 Å². The number of carboxylic acid groups (broad SMARTS) is 3. The number of carbonyl (C=O) groups is 6. The number of fused-ring (bicyclic) bond motifs is 2. The van der Waals surface area contributed by atoms with Crippen molar-refractivity contribution in [2.45, 2.75) is 120 Å². The maximum atomic E-state index is 13.4. The van der Waals surface area contributed by atoms with Crippen LogP contribution in [0.15, 0.2) is 30.5 Å². The molecule has 4 rings (SSSR count). The second kappa shape index (κ2) is 33.9. The van der Waals surface area contributed by atoms with Gasteiger partial charge in [-0.05, 0) is 58.0 Å². The number of benzene rings is 1. The lowest BCUT2D eigenvalue weighted by Crippen LogP contribution is -2.53. The molecular weight excluding hydrogens is 1170 g/mol. The first-order valence-electron chi connectivity index (χ1n) is 24.3. The SMILES string of the molecule is CCn1c(CNC(=O)c2nc3cc[nH]c3nc2N)[n+](CC)c2ccc(C(=O)NCCC(NCCCN(CC(O)C(O)C(O)C(O)CO)CC(O)C(O)C(O)C(O)CO)C(N)=O)cc21.O=C(O)C(F)(F)F.O=C(O)C(F)(F)F.O=C([O-])C(F)(F)F. The predicted octanol–water partition coefficient (Wildman–Crippen LogP) is -5.56. The van der Waals surface area contributed by atoms with E-state index >= 15 is 0 Å². The summed E-state index contributed by atoms with van der Waals surface area (Å²) in [5.41, 5.74) is 14.5. The van der Waals surface area contributed by atoms with Crippen LogP contribution >= 0.6 is 0 Å². The molecular formula is C45H64F9N11O19. The summed E-state index contributed by atoms with van der Waals surface area (Å²) in [6.07, 6.45) is -28.2. The van der Waals surface area contributed by atoms with Gasteiger partial charge in [-0.1, -0.05) is 0 Å². The zero-order chi connectivity index (χ0) is 64.8. The molecule has 3 amide bonds. The number of hydrogen-bond acceptors (Lipinski definition) is 22. The van der Waals surface area contributed by atoms with E-state index in [1.54, 1.807) is 24.4 Å². The number of nitrogens with zero attached hydrogens (tertiary/aromatic N) is 5. The van der Waals surface area contributed by atoms with Crippen LogP contribution in [0.2, 0.25) is 0 Å². The first-order chi connectivity index (χ1) is 38.8. The summed E-state index contributed by atoms with van der Waals surface area (Å²) in [4.78, 5) is 78.3. The molecule has 0 aliphatic heterocycles. The first-order valence-corrected chi connectivity index (χ1v) is 24.3. The van der Waals surface area contributed by atoms with Gasteiger partial charge in [0.2, 0.25) is 5.91 Å². The fourth-order valence-electron chi connectivity index (χ4n) is 7.21. The number of aliphatic hydroxyl groups excluding tert-OH is 10. The quantitative estimate of drug-likeness (QED) is 0.0150. The third-order valence-corrected chi connectivity index (χ3v) is 11.5. The van der Waals surface area contributed by atoms with Crippen molar-refractivity contribution in [3.8, 4) is 0 Å². The van der Waals surface area contributed by atoms with Crippen molar-refractivity contribution in [1.29, 1.82) is 0 Å². The van der Waals surface area contributed by atoms with Crippen molar-refractivity contribution in [3.05, 3.63) is 47.5 Å². The molecule has 9 atom stereocenters. The molecule has 84 heavy (non-hydrogen) atoms. The molecule has 4 aromatic rings. The highest BCUT2D eigenvalue weighted by molar-refractivity contribution is 5.98. The summed E-state index contributed by atoms with van der Waals surface area (Å²) in [7, 11) is 0. The van der Waals surface area contributed by atoms with Crippen LogP contribution in [0.5, 0.6) is 0 Å². The summed E-state index contributed by atoms with van der Waals surface area (Å²) in [5, 5.41) is 131. The largest absolute Gasteiger partial charge is 0.542 e. The van der Waals surface area contributed by atoms with E-state index < -0.39 is 135 Å². The standard InChI is InChI=1S/C39H61N11O13.3C2HF3O2/c1-3-49-23-7-6-20(14-24(23)50(4-2)29(49)15-45-39(63)30-35(40)47-37-22(46-30)9-11-43-37)38(62)44-12-8-21(36(41)61)42-10-5-13-48(16-25(53)31(57)33(59)27(55)18-51)17-26(54)32(58)34(60)28(56)19-52;3*3-2(4,5)1(6)7/h6-7,9,11,14,21,25-28,31-34,42,51-60H,3-5,8,10,12-13,15-19H2,1-2H3,(H6-,40,41,43,44,45,46,47,61,62,63);3*(H,6,7). The molecule has 30 nitrogen and oxygen atoms in total. The lowest BCUT2D eigenvalue weighted by Gasteiger charge is -2.33. The van der Waals surface area contributed by atoms with Crippen LogP contribution in [0.1, 0.15) is 53.4 Å². The number of imidazole rings is 1. The minimum absolute atomic E-state index is 0.00231. The lowest BCUT2D eigenvalue weighted by molar-refractivity contribution is -0.676. The number of aromatic nitrogens is 5. The minimum atomic E-state index is -5.19. The summed E-state index contributed by atoms with van der Waals surface area (Å²) in [6, 6.07) is 6.00.